The van der Waals surface area contributed by atoms with Crippen molar-refractivity contribution < 1.29 is 32.5 Å². The first-order valence-corrected chi connectivity index (χ1v) is 8.82. The van der Waals surface area contributed by atoms with Crippen LogP contribution in [-0.2, 0) is 19.4 Å². The number of hydrogen-bond donors (Lipinski definition) is 0. The van der Waals surface area contributed by atoms with Crippen molar-refractivity contribution in [2.45, 2.75) is 65.5 Å². The van der Waals surface area contributed by atoms with Gasteiger partial charge in [-0.2, -0.15) is 13.2 Å². The van der Waals surface area contributed by atoms with Crippen LogP contribution in [0.5, 0.6) is 0 Å². The molecule has 166 valence electrons. The van der Waals surface area contributed by atoms with E-state index in [0.717, 1.165) is 39.4 Å². The Morgan fingerprint density at radius 1 is 0.897 bits per heavy atom. The van der Waals surface area contributed by atoms with Crippen LogP contribution in [0.4, 0.5) is 13.2 Å². The van der Waals surface area contributed by atoms with Crippen molar-refractivity contribution in [3.05, 3.63) is 38.0 Å². The fraction of sp³-hybridized carbons (Fsp3) is 0.571. The van der Waals surface area contributed by atoms with Crippen LogP contribution in [0, 0.1) is 32.6 Å². The molecule has 0 N–H and O–H groups in total. The molecule has 0 unspecified atom stereocenters. The number of unbranched alkanes of at least 4 members (excludes halogenated alkanes) is 3. The zero-order chi connectivity index (χ0) is 23.0. The Balaban J connectivity index is -0.000000121. The van der Waals surface area contributed by atoms with E-state index in [4.69, 9.17) is 0 Å². The van der Waals surface area contributed by atoms with Crippen molar-refractivity contribution in [2.75, 3.05) is 14.2 Å². The number of rotatable bonds is 5. The molecule has 0 saturated heterocycles. The second-order valence-electron chi connectivity index (χ2n) is 4.79. The Morgan fingerprint density at radius 2 is 1.24 bits per heavy atom. The summed E-state index contributed by atoms with van der Waals surface area (Å²) in [5, 5.41) is 10.7. The third kappa shape index (κ3) is 42.0. The molecule has 0 amide bonds. The van der Waals surface area contributed by atoms with Crippen molar-refractivity contribution in [2.24, 2.45) is 0 Å². The molecule has 0 atom stereocenters. The topological polar surface area (TPSA) is 55.4 Å². The van der Waals surface area contributed by atoms with Crippen LogP contribution in [0.1, 0.15) is 59.3 Å². The predicted octanol–water partition coefficient (Wildman–Crippen LogP) is 5.65. The van der Waals surface area contributed by atoms with Crippen LogP contribution in [0.2, 0.25) is 0 Å². The van der Waals surface area contributed by atoms with Gasteiger partial charge < -0.3 is 9.47 Å². The second kappa shape index (κ2) is 28.9. The summed E-state index contributed by atoms with van der Waals surface area (Å²) >= 11 is 0. The van der Waals surface area contributed by atoms with Crippen molar-refractivity contribution in [1.82, 2.24) is 0 Å². The van der Waals surface area contributed by atoms with E-state index in [2.05, 4.69) is 51.0 Å². The largest absolute Gasteiger partial charge is 0.464 e. The van der Waals surface area contributed by atoms with E-state index in [0.29, 0.717) is 0 Å². The molecule has 0 heterocycles. The minimum absolute atomic E-state index is 0. The number of carbonyl (C=O) groups is 1. The number of ether oxygens (including phenoxy) is 2. The van der Waals surface area contributed by atoms with Crippen LogP contribution in [0.3, 0.4) is 0 Å². The molecule has 29 heavy (non-hydrogen) atoms. The summed E-state index contributed by atoms with van der Waals surface area (Å²) in [6, 6.07) is 0. The third-order valence-corrected chi connectivity index (χ3v) is 2.19. The fourth-order valence-electron chi connectivity index (χ4n) is 0.522. The van der Waals surface area contributed by atoms with Crippen LogP contribution < -0.4 is 0 Å². The van der Waals surface area contributed by atoms with E-state index in [9.17, 15) is 23.1 Å². The SMILES string of the molecule is COC(=O)C(=C=C([O])OC)C#CC(F)(F)F.[CH2]CCC.[CH2]CCC.[CH2]CCC.[Sn]. The summed E-state index contributed by atoms with van der Waals surface area (Å²) in [6.07, 6.45) is 2.05. The number of carbonyl (C=O) groups excluding carboxylic acids is 1. The molecule has 0 aliphatic rings. The minimum atomic E-state index is -4.78. The average Bonchev–Trinajstić information content (AvgIpc) is 2.69. The van der Waals surface area contributed by atoms with E-state index in [-0.39, 0.29) is 23.9 Å². The summed E-state index contributed by atoms with van der Waals surface area (Å²) in [5.41, 5.74) is 0.842. The van der Waals surface area contributed by atoms with E-state index in [1.807, 2.05) is 0 Å². The standard InChI is InChI=1S/C9H6F3O4.3C4H9.Sn/c1-15-7(13)5-6(8(14)16-2)3-4-9(10,11)12;3*1-3-4-2;/h1-2H3;3*1,3-4H2,2H3;. The van der Waals surface area contributed by atoms with Gasteiger partial charge in [-0.1, -0.05) is 80.1 Å². The molecular formula is C21H33F3O4Sn. The Morgan fingerprint density at radius 3 is 1.45 bits per heavy atom. The van der Waals surface area contributed by atoms with Crippen LogP contribution >= 0.6 is 0 Å². The van der Waals surface area contributed by atoms with Gasteiger partial charge in [0, 0.05) is 29.8 Å². The molecule has 8 heteroatoms. The predicted molar refractivity (Wildman–Crippen MR) is 111 cm³/mol. The summed E-state index contributed by atoms with van der Waals surface area (Å²) in [5.74, 6) is -0.0950. The second-order valence-corrected chi connectivity index (χ2v) is 4.79. The average molecular weight is 525 g/mol. The van der Waals surface area contributed by atoms with Gasteiger partial charge in [0.1, 0.15) is 0 Å². The van der Waals surface area contributed by atoms with Crippen LogP contribution in [0.15, 0.2) is 17.2 Å². The third-order valence-electron chi connectivity index (χ3n) is 2.19. The zero-order valence-electron chi connectivity index (χ0n) is 18.1. The molecule has 0 aromatic heterocycles. The van der Waals surface area contributed by atoms with Crippen molar-refractivity contribution in [1.29, 1.82) is 0 Å². The number of esters is 1. The Bertz CT molecular complexity index is 471. The monoisotopic (exact) mass is 526 g/mol. The molecule has 0 aliphatic carbocycles. The van der Waals surface area contributed by atoms with Crippen molar-refractivity contribution in [3.63, 3.8) is 0 Å². The molecule has 8 radical (unpaired) electrons. The first-order valence-electron chi connectivity index (χ1n) is 8.82. The molecule has 0 spiro atoms. The Hall–Kier alpha value is -1.26. The molecule has 0 rings (SSSR count). The Labute approximate surface area is 191 Å². The van der Waals surface area contributed by atoms with Gasteiger partial charge in [-0.15, -0.1) is 0 Å². The van der Waals surface area contributed by atoms with Gasteiger partial charge in [-0.25, -0.2) is 9.90 Å². The molecule has 0 aliphatic heterocycles. The van der Waals surface area contributed by atoms with Gasteiger partial charge in [0.15, 0.2) is 5.57 Å². The molecule has 0 aromatic carbocycles. The first kappa shape index (κ1) is 38.4. The quantitative estimate of drug-likeness (QED) is 0.117. The number of alkyl halides is 3. The fourth-order valence-corrected chi connectivity index (χ4v) is 0.522. The molecule has 4 nitrogen and oxygen atoms in total. The van der Waals surface area contributed by atoms with Gasteiger partial charge in [-0.3, -0.25) is 0 Å². The minimum Gasteiger partial charge on any atom is -0.464 e. The van der Waals surface area contributed by atoms with Crippen molar-refractivity contribution >= 4 is 29.9 Å². The number of halogens is 3. The van der Waals surface area contributed by atoms with Gasteiger partial charge in [-0.05, 0) is 11.7 Å². The van der Waals surface area contributed by atoms with Gasteiger partial charge >= 0.3 is 18.1 Å². The van der Waals surface area contributed by atoms with Gasteiger partial charge in [0.05, 0.1) is 14.2 Å². The van der Waals surface area contributed by atoms with E-state index in [1.54, 1.807) is 5.73 Å². The number of methoxy groups -OCH3 is 2. The van der Waals surface area contributed by atoms with Gasteiger partial charge in [0.25, 0.3) is 0 Å². The summed E-state index contributed by atoms with van der Waals surface area (Å²) in [7, 11) is 1.90. The van der Waals surface area contributed by atoms with E-state index in [1.165, 1.54) is 25.2 Å². The number of hydrogen-bond acceptors (Lipinski definition) is 3. The summed E-state index contributed by atoms with van der Waals surface area (Å²) in [6.45, 7) is 17.2. The normalized spacial score (nSPS) is 8.24. The maximum absolute atomic E-state index is 11.7. The maximum atomic E-state index is 11.7. The smallest absolute Gasteiger partial charge is 0.458 e. The van der Waals surface area contributed by atoms with Crippen LogP contribution in [-0.4, -0.2) is 50.3 Å². The first-order chi connectivity index (χ1) is 13.0. The molecule has 0 bridgehead atoms. The summed E-state index contributed by atoms with van der Waals surface area (Å²) in [4.78, 5) is 10.9. The maximum Gasteiger partial charge on any atom is 0.458 e. The van der Waals surface area contributed by atoms with E-state index < -0.39 is 23.7 Å². The Kier molecular flexibility index (Phi) is 38.3. The summed E-state index contributed by atoms with van der Waals surface area (Å²) < 4.78 is 43.3. The molecular weight excluding hydrogens is 492 g/mol. The molecule has 0 fully saturated rings. The molecule has 0 aromatic rings. The van der Waals surface area contributed by atoms with Crippen LogP contribution in [0.25, 0.3) is 0 Å². The molecule has 0 saturated carbocycles. The van der Waals surface area contributed by atoms with Gasteiger partial charge in [0.2, 0.25) is 0 Å². The zero-order valence-corrected chi connectivity index (χ0v) is 21.0. The van der Waals surface area contributed by atoms with Crippen molar-refractivity contribution in [3.8, 4) is 11.8 Å². The van der Waals surface area contributed by atoms with E-state index >= 15 is 0 Å².